The van der Waals surface area contributed by atoms with E-state index in [9.17, 15) is 0 Å². The Morgan fingerprint density at radius 1 is 0.608 bits per heavy atom. The van der Waals surface area contributed by atoms with E-state index in [4.69, 9.17) is 0 Å². The standard InChI is InChI=1S/C37H39.C12H11Si.Zr/c1-8-11-24-21-31-27-13-10-9-12-23(27)14-16-30(31)34(24)35-32-22-25-20-26(36(2,3)4)15-17-28(25)29(32)18-19-33(35)37(5,6)7;1-3-7-11(8-4-1)13-12-9-5-2-6-10-12;/h9-10,12-22,34H,8,11H2,1-7H3;1-10,13H;. The van der Waals surface area contributed by atoms with Gasteiger partial charge in [-0.25, -0.2) is 0 Å². The average Bonchev–Trinajstić information content (AvgIpc) is 3.65. The van der Waals surface area contributed by atoms with Gasteiger partial charge in [-0.3, -0.25) is 0 Å². The fourth-order valence-electron chi connectivity index (χ4n) is 8.87. The molecule has 0 saturated carbocycles. The van der Waals surface area contributed by atoms with E-state index in [-0.39, 0.29) is 16.7 Å². The van der Waals surface area contributed by atoms with Crippen LogP contribution >= 0.6 is 0 Å². The topological polar surface area (TPSA) is 0 Å². The molecule has 0 saturated heterocycles. The van der Waals surface area contributed by atoms with Crippen LogP contribution in [0.15, 0.2) is 133 Å². The van der Waals surface area contributed by atoms with Gasteiger partial charge in [-0.05, 0) is 0 Å². The Morgan fingerprint density at radius 2 is 1.25 bits per heavy atom. The Labute approximate surface area is 318 Å². The Balaban J connectivity index is 1.42. The zero-order valence-electron chi connectivity index (χ0n) is 31.3. The summed E-state index contributed by atoms with van der Waals surface area (Å²) in [7, 11) is 0. The molecule has 0 heterocycles. The molecule has 8 rings (SSSR count). The van der Waals surface area contributed by atoms with Gasteiger partial charge in [0.05, 0.1) is 0 Å². The second-order valence-electron chi connectivity index (χ2n) is 16.8. The summed E-state index contributed by atoms with van der Waals surface area (Å²) < 4.78 is 0.489. The maximum atomic E-state index is 2.64. The van der Waals surface area contributed by atoms with Crippen LogP contribution in [-0.4, -0.2) is 5.92 Å². The van der Waals surface area contributed by atoms with Crippen LogP contribution in [-0.2, 0) is 33.2 Å². The van der Waals surface area contributed by atoms with E-state index in [1.165, 1.54) is 44.2 Å². The summed E-state index contributed by atoms with van der Waals surface area (Å²) >= 11 is -1.11. The van der Waals surface area contributed by atoms with E-state index >= 15 is 0 Å². The van der Waals surface area contributed by atoms with E-state index in [0.717, 1.165) is 12.8 Å². The summed E-state index contributed by atoms with van der Waals surface area (Å²) in [5, 5.41) is 5.94. The summed E-state index contributed by atoms with van der Waals surface area (Å²) in [6.07, 6.45) is 4.87. The van der Waals surface area contributed by atoms with Crippen LogP contribution in [0.2, 0.25) is 0 Å². The van der Waals surface area contributed by atoms with Crippen LogP contribution in [0.1, 0.15) is 110 Å². The van der Waals surface area contributed by atoms with Crippen LogP contribution < -0.4 is 10.4 Å². The Hall–Kier alpha value is -3.58. The summed E-state index contributed by atoms with van der Waals surface area (Å²) in [5.74, 6) is -1.19. The maximum absolute atomic E-state index is 2.64. The van der Waals surface area contributed by atoms with Crippen LogP contribution in [0.3, 0.4) is 0 Å². The van der Waals surface area contributed by atoms with Gasteiger partial charge < -0.3 is 0 Å². The molecule has 0 nitrogen and oxygen atoms in total. The SMILES string of the molecule is CCCC1=Cc2c(ccc3ccccc23)C1c1c(C(C)(C)C)ccc2c1[CH]([Zr][SiH](c1ccccc1)c1ccccc1)c1cc(C(C)(C)C)ccc1-2. The molecule has 0 spiro atoms. The summed E-state index contributed by atoms with van der Waals surface area (Å²) in [4.78, 5) is 0. The van der Waals surface area contributed by atoms with E-state index in [1.54, 1.807) is 32.6 Å². The van der Waals surface area contributed by atoms with Crippen molar-refractivity contribution in [3.63, 3.8) is 0 Å². The first-order valence-electron chi connectivity index (χ1n) is 18.9. The molecular weight excluding hydrogens is 708 g/mol. The number of allylic oxidation sites excluding steroid dienone is 1. The van der Waals surface area contributed by atoms with Crippen molar-refractivity contribution in [3.05, 3.63) is 172 Å². The third kappa shape index (κ3) is 6.21. The molecule has 0 radical (unpaired) electrons. The van der Waals surface area contributed by atoms with Gasteiger partial charge in [0, 0.05) is 0 Å². The summed E-state index contributed by atoms with van der Waals surface area (Å²) in [6, 6.07) is 49.7. The number of rotatable bonds is 7. The molecule has 2 unspecified atom stereocenters. The zero-order valence-corrected chi connectivity index (χ0v) is 35.0. The Bertz CT molecular complexity index is 2230. The number of hydrogen-bond acceptors (Lipinski definition) is 0. The third-order valence-electron chi connectivity index (χ3n) is 11.3. The minimum atomic E-state index is -1.47. The van der Waals surface area contributed by atoms with Gasteiger partial charge in [-0.1, -0.05) is 0 Å². The molecule has 51 heavy (non-hydrogen) atoms. The quantitative estimate of drug-likeness (QED) is 0.142. The first kappa shape index (κ1) is 34.5. The normalized spacial score (nSPS) is 16.6. The average molecular weight is 758 g/mol. The van der Waals surface area contributed by atoms with Gasteiger partial charge in [-0.15, -0.1) is 0 Å². The van der Waals surface area contributed by atoms with Gasteiger partial charge in [-0.2, -0.15) is 0 Å². The van der Waals surface area contributed by atoms with Crippen molar-refractivity contribution in [3.8, 4) is 11.1 Å². The molecule has 2 aliphatic carbocycles. The number of benzene rings is 6. The fourth-order valence-corrected chi connectivity index (χ4v) is 23.6. The predicted octanol–water partition coefficient (Wildman–Crippen LogP) is 11.5. The Morgan fingerprint density at radius 3 is 1.90 bits per heavy atom. The van der Waals surface area contributed by atoms with Crippen molar-refractivity contribution in [1.29, 1.82) is 0 Å². The summed E-state index contributed by atoms with van der Waals surface area (Å²) in [6.45, 7) is 16.8. The molecular formula is C49H50SiZr. The number of fused-ring (bicyclic) bond motifs is 6. The molecule has 0 aliphatic heterocycles. The second-order valence-corrected chi connectivity index (χ2v) is 27.5. The van der Waals surface area contributed by atoms with Crippen molar-refractivity contribution in [1.82, 2.24) is 0 Å². The van der Waals surface area contributed by atoms with Gasteiger partial charge >= 0.3 is 320 Å². The van der Waals surface area contributed by atoms with Crippen LogP contribution in [0.5, 0.6) is 0 Å². The van der Waals surface area contributed by atoms with Gasteiger partial charge in [0.15, 0.2) is 0 Å². The van der Waals surface area contributed by atoms with Crippen molar-refractivity contribution in [2.45, 2.75) is 81.7 Å². The monoisotopic (exact) mass is 756 g/mol. The molecule has 2 atom stereocenters. The third-order valence-corrected chi connectivity index (χ3v) is 25.4. The minimum absolute atomic E-state index is 0.0118. The first-order valence-corrected chi connectivity index (χ1v) is 26.4. The number of hydrogen-bond donors (Lipinski definition) is 0. The van der Waals surface area contributed by atoms with E-state index in [1.807, 2.05) is 0 Å². The molecule has 0 aromatic heterocycles. The van der Waals surface area contributed by atoms with Gasteiger partial charge in [0.1, 0.15) is 0 Å². The molecule has 0 bridgehead atoms. The van der Waals surface area contributed by atoms with Crippen molar-refractivity contribution in [2.75, 3.05) is 0 Å². The van der Waals surface area contributed by atoms with Crippen LogP contribution in [0, 0.1) is 0 Å². The van der Waals surface area contributed by atoms with Crippen molar-refractivity contribution < 1.29 is 22.4 Å². The molecule has 0 N–H and O–H groups in total. The Kier molecular flexibility index (Phi) is 9.09. The van der Waals surface area contributed by atoms with E-state index in [0.29, 0.717) is 3.63 Å². The van der Waals surface area contributed by atoms with Gasteiger partial charge in [0.2, 0.25) is 0 Å². The molecule has 6 aromatic rings. The molecule has 6 aromatic carbocycles. The molecule has 2 heteroatoms. The van der Waals surface area contributed by atoms with Crippen LogP contribution in [0.25, 0.3) is 28.0 Å². The fraction of sp³-hybridized carbons (Fsp3) is 0.265. The zero-order chi connectivity index (χ0) is 35.5. The summed E-state index contributed by atoms with van der Waals surface area (Å²) in [5.41, 5.74) is 15.5. The van der Waals surface area contributed by atoms with Crippen molar-refractivity contribution in [2.24, 2.45) is 0 Å². The first-order chi connectivity index (χ1) is 24.5. The molecule has 0 fully saturated rings. The molecule has 0 amide bonds. The van der Waals surface area contributed by atoms with E-state index < -0.39 is 28.3 Å². The second kappa shape index (κ2) is 13.4. The predicted molar refractivity (Wildman–Crippen MR) is 219 cm³/mol. The molecule has 2 aliphatic rings. The van der Waals surface area contributed by atoms with Crippen molar-refractivity contribution >= 4 is 33.1 Å². The van der Waals surface area contributed by atoms with E-state index in [2.05, 4.69) is 182 Å². The molecule has 254 valence electrons. The van der Waals surface area contributed by atoms with Crippen LogP contribution in [0.4, 0.5) is 0 Å². The van der Waals surface area contributed by atoms with Gasteiger partial charge in [0.25, 0.3) is 0 Å².